The number of nitrogen functional groups attached to an aromatic ring is 1. The Morgan fingerprint density at radius 2 is 1.84 bits per heavy atom. The van der Waals surface area contributed by atoms with Crippen LogP contribution in [-0.4, -0.2) is 9.78 Å². The van der Waals surface area contributed by atoms with E-state index in [9.17, 15) is 0 Å². The fourth-order valence-corrected chi connectivity index (χ4v) is 2.90. The molecule has 1 aromatic carbocycles. The van der Waals surface area contributed by atoms with Crippen molar-refractivity contribution < 1.29 is 0 Å². The van der Waals surface area contributed by atoms with Crippen molar-refractivity contribution in [2.45, 2.75) is 13.8 Å². The molecule has 0 bridgehead atoms. The standard InChI is InChI=1S/C15H15N3S/c1-10-6-11(2)8-12(7-10)18-15(16)9-13(17-18)14-4-3-5-19-14/h3-9H,16H2,1-2H3. The lowest BCUT2D eigenvalue weighted by molar-refractivity contribution is 0.893. The number of hydrogen-bond donors (Lipinski definition) is 1. The third kappa shape index (κ3) is 2.27. The largest absolute Gasteiger partial charge is 0.384 e. The number of aromatic nitrogens is 2. The molecule has 0 unspecified atom stereocenters. The van der Waals surface area contributed by atoms with Gasteiger partial charge in [0.15, 0.2) is 0 Å². The van der Waals surface area contributed by atoms with E-state index >= 15 is 0 Å². The molecule has 0 aliphatic heterocycles. The number of anilines is 1. The summed E-state index contributed by atoms with van der Waals surface area (Å²) >= 11 is 1.67. The Labute approximate surface area is 116 Å². The number of thiophene rings is 1. The van der Waals surface area contributed by atoms with Crippen molar-refractivity contribution in [1.82, 2.24) is 9.78 Å². The van der Waals surface area contributed by atoms with E-state index in [1.165, 1.54) is 11.1 Å². The van der Waals surface area contributed by atoms with Crippen LogP contribution in [0.1, 0.15) is 11.1 Å². The van der Waals surface area contributed by atoms with E-state index in [-0.39, 0.29) is 0 Å². The zero-order valence-corrected chi connectivity index (χ0v) is 11.7. The summed E-state index contributed by atoms with van der Waals surface area (Å²) in [5, 5.41) is 6.65. The van der Waals surface area contributed by atoms with Crippen LogP contribution >= 0.6 is 11.3 Å². The minimum absolute atomic E-state index is 0.661. The van der Waals surface area contributed by atoms with Gasteiger partial charge in [-0.1, -0.05) is 12.1 Å². The van der Waals surface area contributed by atoms with Crippen LogP contribution in [0.5, 0.6) is 0 Å². The van der Waals surface area contributed by atoms with Crippen LogP contribution in [0.4, 0.5) is 5.82 Å². The predicted octanol–water partition coefficient (Wildman–Crippen LogP) is 3.80. The second-order valence-electron chi connectivity index (χ2n) is 4.69. The Morgan fingerprint density at radius 1 is 1.11 bits per heavy atom. The minimum atomic E-state index is 0.661. The summed E-state index contributed by atoms with van der Waals surface area (Å²) in [7, 11) is 0. The number of benzene rings is 1. The first-order chi connectivity index (χ1) is 9.13. The van der Waals surface area contributed by atoms with Gasteiger partial charge in [-0.25, -0.2) is 4.68 Å². The summed E-state index contributed by atoms with van der Waals surface area (Å²) < 4.78 is 1.80. The summed E-state index contributed by atoms with van der Waals surface area (Å²) in [5.41, 5.74) is 10.4. The first-order valence-electron chi connectivity index (χ1n) is 6.11. The maximum absolute atomic E-state index is 6.08. The van der Waals surface area contributed by atoms with E-state index < -0.39 is 0 Å². The molecule has 0 aliphatic rings. The molecule has 3 aromatic rings. The van der Waals surface area contributed by atoms with Crippen molar-refractivity contribution in [2.75, 3.05) is 5.73 Å². The van der Waals surface area contributed by atoms with Gasteiger partial charge in [-0.05, 0) is 48.6 Å². The second kappa shape index (κ2) is 4.55. The summed E-state index contributed by atoms with van der Waals surface area (Å²) in [6.07, 6.45) is 0. The topological polar surface area (TPSA) is 43.8 Å². The fraction of sp³-hybridized carbons (Fsp3) is 0.133. The number of hydrogen-bond acceptors (Lipinski definition) is 3. The molecule has 2 heterocycles. The molecular formula is C15H15N3S. The number of nitrogens with zero attached hydrogens (tertiary/aromatic N) is 2. The predicted molar refractivity (Wildman–Crippen MR) is 80.8 cm³/mol. The normalized spacial score (nSPS) is 10.8. The number of nitrogens with two attached hydrogens (primary N) is 1. The summed E-state index contributed by atoms with van der Waals surface area (Å²) in [6, 6.07) is 12.3. The van der Waals surface area contributed by atoms with Crippen molar-refractivity contribution in [2.24, 2.45) is 0 Å². The first-order valence-corrected chi connectivity index (χ1v) is 6.99. The zero-order chi connectivity index (χ0) is 13.4. The summed E-state index contributed by atoms with van der Waals surface area (Å²) in [4.78, 5) is 1.13. The molecule has 0 spiro atoms. The van der Waals surface area contributed by atoms with Crippen LogP contribution in [0.25, 0.3) is 16.3 Å². The third-order valence-corrected chi connectivity index (χ3v) is 3.85. The first kappa shape index (κ1) is 12.0. The number of rotatable bonds is 2. The smallest absolute Gasteiger partial charge is 0.127 e. The molecule has 96 valence electrons. The van der Waals surface area contributed by atoms with Crippen molar-refractivity contribution in [3.05, 3.63) is 52.9 Å². The molecule has 19 heavy (non-hydrogen) atoms. The van der Waals surface area contributed by atoms with Gasteiger partial charge in [0.05, 0.1) is 10.6 Å². The molecule has 0 aliphatic carbocycles. The van der Waals surface area contributed by atoms with Crippen molar-refractivity contribution >= 4 is 17.2 Å². The maximum Gasteiger partial charge on any atom is 0.127 e. The molecule has 3 rings (SSSR count). The lowest BCUT2D eigenvalue weighted by Gasteiger charge is -2.06. The van der Waals surface area contributed by atoms with Gasteiger partial charge in [0.1, 0.15) is 11.5 Å². The van der Waals surface area contributed by atoms with E-state index in [1.54, 1.807) is 16.0 Å². The van der Waals surface area contributed by atoms with Crippen molar-refractivity contribution in [1.29, 1.82) is 0 Å². The van der Waals surface area contributed by atoms with Gasteiger partial charge in [-0.3, -0.25) is 0 Å². The fourth-order valence-electron chi connectivity index (χ4n) is 2.22. The van der Waals surface area contributed by atoms with Crippen LogP contribution < -0.4 is 5.73 Å². The molecule has 0 radical (unpaired) electrons. The van der Waals surface area contributed by atoms with Crippen LogP contribution in [0.3, 0.4) is 0 Å². The highest BCUT2D eigenvalue weighted by molar-refractivity contribution is 7.13. The van der Waals surface area contributed by atoms with Crippen LogP contribution in [0.15, 0.2) is 41.8 Å². The van der Waals surface area contributed by atoms with Gasteiger partial charge < -0.3 is 5.73 Å². The van der Waals surface area contributed by atoms with Crippen LogP contribution in [0, 0.1) is 13.8 Å². The monoisotopic (exact) mass is 269 g/mol. The van der Waals surface area contributed by atoms with E-state index in [4.69, 9.17) is 5.73 Å². The highest BCUT2D eigenvalue weighted by atomic mass is 32.1. The van der Waals surface area contributed by atoms with Crippen molar-refractivity contribution in [3.8, 4) is 16.3 Å². The average molecular weight is 269 g/mol. The minimum Gasteiger partial charge on any atom is -0.384 e. The lowest BCUT2D eigenvalue weighted by Crippen LogP contribution is -2.02. The summed E-state index contributed by atoms with van der Waals surface area (Å²) in [6.45, 7) is 4.16. The van der Waals surface area contributed by atoms with Crippen molar-refractivity contribution in [3.63, 3.8) is 0 Å². The van der Waals surface area contributed by atoms with Gasteiger partial charge in [0.2, 0.25) is 0 Å². The van der Waals surface area contributed by atoms with E-state index in [1.807, 2.05) is 17.5 Å². The van der Waals surface area contributed by atoms with Crippen LogP contribution in [0.2, 0.25) is 0 Å². The molecule has 0 saturated heterocycles. The molecule has 0 amide bonds. The van der Waals surface area contributed by atoms with E-state index in [2.05, 4.69) is 43.2 Å². The Bertz CT molecular complexity index is 691. The van der Waals surface area contributed by atoms with Gasteiger partial charge in [-0.15, -0.1) is 11.3 Å². The molecule has 4 heteroatoms. The molecule has 0 fully saturated rings. The van der Waals surface area contributed by atoms with E-state index in [0.717, 1.165) is 16.3 Å². The highest BCUT2D eigenvalue weighted by Crippen LogP contribution is 2.27. The summed E-state index contributed by atoms with van der Waals surface area (Å²) in [5.74, 6) is 0.661. The average Bonchev–Trinajstić information content (AvgIpc) is 2.95. The number of aryl methyl sites for hydroxylation is 2. The maximum atomic E-state index is 6.08. The molecule has 0 atom stereocenters. The Morgan fingerprint density at radius 3 is 2.47 bits per heavy atom. The van der Waals surface area contributed by atoms with Gasteiger partial charge in [0.25, 0.3) is 0 Å². The molecule has 2 aromatic heterocycles. The van der Waals surface area contributed by atoms with Gasteiger partial charge >= 0.3 is 0 Å². The molecule has 0 saturated carbocycles. The lowest BCUT2D eigenvalue weighted by atomic mass is 10.1. The quantitative estimate of drug-likeness (QED) is 0.769. The van der Waals surface area contributed by atoms with Crippen LogP contribution in [-0.2, 0) is 0 Å². The van der Waals surface area contributed by atoms with Gasteiger partial charge in [-0.2, -0.15) is 5.10 Å². The van der Waals surface area contributed by atoms with E-state index in [0.29, 0.717) is 5.82 Å². The molecule has 2 N–H and O–H groups in total. The molecular weight excluding hydrogens is 254 g/mol. The third-order valence-electron chi connectivity index (χ3n) is 2.96. The Balaban J connectivity index is 2.10. The highest BCUT2D eigenvalue weighted by Gasteiger charge is 2.10. The zero-order valence-electron chi connectivity index (χ0n) is 10.9. The molecule has 3 nitrogen and oxygen atoms in total. The Kier molecular flexibility index (Phi) is 2.87. The SMILES string of the molecule is Cc1cc(C)cc(-n2nc(-c3cccs3)cc2N)c1. The van der Waals surface area contributed by atoms with Gasteiger partial charge in [0, 0.05) is 6.07 Å². The second-order valence-corrected chi connectivity index (χ2v) is 5.64. The Hall–Kier alpha value is -2.07.